The number of aliphatic hydroxyl groups excluding tert-OH is 1. The van der Waals surface area contributed by atoms with Gasteiger partial charge in [0.15, 0.2) is 5.17 Å². The first-order valence-electron chi connectivity index (χ1n) is 5.19. The fourth-order valence-electron chi connectivity index (χ4n) is 1.95. The van der Waals surface area contributed by atoms with Gasteiger partial charge in [0.2, 0.25) is 0 Å². The molecule has 2 rings (SSSR count). The summed E-state index contributed by atoms with van der Waals surface area (Å²) in [4.78, 5) is 3.92. The van der Waals surface area contributed by atoms with Gasteiger partial charge in [0.25, 0.3) is 0 Å². The molecule has 0 aromatic rings. The number of hydrogen-bond acceptors (Lipinski definition) is 4. The van der Waals surface area contributed by atoms with Crippen molar-refractivity contribution in [1.29, 1.82) is 0 Å². The quantitative estimate of drug-likeness (QED) is 0.749. The summed E-state index contributed by atoms with van der Waals surface area (Å²) >= 11 is 1.26. The maximum atomic E-state index is 12.3. The van der Waals surface area contributed by atoms with Crippen LogP contribution in [0, 0.1) is 0 Å². The highest BCUT2D eigenvalue weighted by molar-refractivity contribution is 8.14. The molecule has 2 N–H and O–H groups in total. The second kappa shape index (κ2) is 4.66. The van der Waals surface area contributed by atoms with Gasteiger partial charge in [-0.3, -0.25) is 4.99 Å². The van der Waals surface area contributed by atoms with Crippen molar-refractivity contribution >= 4 is 16.9 Å². The Morgan fingerprint density at radius 1 is 1.59 bits per heavy atom. The van der Waals surface area contributed by atoms with Crippen molar-refractivity contribution in [3.05, 3.63) is 0 Å². The van der Waals surface area contributed by atoms with E-state index in [0.717, 1.165) is 0 Å². The van der Waals surface area contributed by atoms with Gasteiger partial charge < -0.3 is 15.2 Å². The number of hydrogen-bond donors (Lipinski definition) is 2. The Morgan fingerprint density at radius 2 is 2.29 bits per heavy atom. The first kappa shape index (κ1) is 13.0. The Labute approximate surface area is 101 Å². The van der Waals surface area contributed by atoms with Crippen LogP contribution >= 0.6 is 11.8 Å². The molecule has 0 aliphatic carbocycles. The lowest BCUT2D eigenvalue weighted by Gasteiger charge is -2.35. The van der Waals surface area contributed by atoms with Crippen LogP contribution in [-0.2, 0) is 4.74 Å². The van der Waals surface area contributed by atoms with Crippen molar-refractivity contribution in [3.63, 3.8) is 0 Å². The highest BCUT2D eigenvalue weighted by atomic mass is 32.2. The Morgan fingerprint density at radius 3 is 2.88 bits per heavy atom. The summed E-state index contributed by atoms with van der Waals surface area (Å²) in [6.45, 7) is 0. The number of aliphatic hydroxyl groups is 1. The second-order valence-electron chi connectivity index (χ2n) is 4.06. The van der Waals surface area contributed by atoms with E-state index in [1.165, 1.54) is 11.8 Å². The molecular weight excluding hydrogens is 257 g/mol. The van der Waals surface area contributed by atoms with Crippen molar-refractivity contribution < 1.29 is 23.0 Å². The summed E-state index contributed by atoms with van der Waals surface area (Å²) in [6, 6.07) is -0.168. The molecule has 2 saturated heterocycles. The second-order valence-corrected chi connectivity index (χ2v) is 5.15. The number of halogens is 3. The van der Waals surface area contributed by atoms with Gasteiger partial charge in [-0.05, 0) is 6.42 Å². The van der Waals surface area contributed by atoms with Crippen LogP contribution in [0.15, 0.2) is 4.99 Å². The summed E-state index contributed by atoms with van der Waals surface area (Å²) < 4.78 is 42.1. The van der Waals surface area contributed by atoms with Crippen molar-refractivity contribution in [2.45, 2.75) is 42.7 Å². The van der Waals surface area contributed by atoms with E-state index in [9.17, 15) is 18.3 Å². The molecule has 2 aliphatic heterocycles. The highest BCUT2D eigenvalue weighted by Crippen LogP contribution is 2.36. The molecule has 2 heterocycles. The molecule has 0 spiro atoms. The van der Waals surface area contributed by atoms with Gasteiger partial charge in [-0.25, -0.2) is 0 Å². The van der Waals surface area contributed by atoms with Crippen LogP contribution < -0.4 is 5.32 Å². The van der Waals surface area contributed by atoms with E-state index in [1.807, 2.05) is 0 Å². The average Bonchev–Trinajstić information content (AvgIpc) is 2.58. The average molecular weight is 270 g/mol. The molecule has 0 bridgehead atoms. The molecule has 2 fully saturated rings. The number of alkyl halides is 3. The lowest BCUT2D eigenvalue weighted by atomic mass is 9.99. The Balaban J connectivity index is 2.00. The Kier molecular flexibility index (Phi) is 3.55. The van der Waals surface area contributed by atoms with Crippen LogP contribution in [0.3, 0.4) is 0 Å². The van der Waals surface area contributed by atoms with Crippen molar-refractivity contribution in [2.75, 3.05) is 7.05 Å². The van der Waals surface area contributed by atoms with Crippen molar-refractivity contribution in [3.8, 4) is 0 Å². The van der Waals surface area contributed by atoms with Crippen LogP contribution in [0.1, 0.15) is 12.8 Å². The molecule has 4 nitrogen and oxygen atoms in total. The smallest absolute Gasteiger partial charge is 0.390 e. The maximum absolute atomic E-state index is 12.3. The zero-order valence-electron chi connectivity index (χ0n) is 9.07. The van der Waals surface area contributed by atoms with Gasteiger partial charge in [-0.15, -0.1) is 0 Å². The van der Waals surface area contributed by atoms with Crippen LogP contribution in [-0.4, -0.2) is 47.2 Å². The summed E-state index contributed by atoms with van der Waals surface area (Å²) in [5, 5.41) is 13.3. The number of amidine groups is 1. The standard InChI is InChI=1S/C9H13F3N2O2S/c1-13-8-14-4-2-5(15)6(3-9(10,11)12)16-7(4)17-8/h4-7,15H,2-3H2,1H3,(H,13,14)/t4-,5+,6?,7-/m1/s1. The number of nitrogens with one attached hydrogen (secondary N) is 1. The molecule has 0 saturated carbocycles. The van der Waals surface area contributed by atoms with Crippen LogP contribution in [0.2, 0.25) is 0 Å². The molecule has 17 heavy (non-hydrogen) atoms. The van der Waals surface area contributed by atoms with Gasteiger partial charge in [-0.1, -0.05) is 11.8 Å². The van der Waals surface area contributed by atoms with E-state index in [2.05, 4.69) is 10.3 Å². The maximum Gasteiger partial charge on any atom is 0.391 e. The number of nitrogens with zero attached hydrogens (tertiary/aromatic N) is 1. The zero-order valence-corrected chi connectivity index (χ0v) is 9.88. The van der Waals surface area contributed by atoms with Crippen LogP contribution in [0.4, 0.5) is 13.2 Å². The van der Waals surface area contributed by atoms with Gasteiger partial charge in [0, 0.05) is 7.05 Å². The predicted molar refractivity (Wildman–Crippen MR) is 57.8 cm³/mol. The van der Waals surface area contributed by atoms with Gasteiger partial charge >= 0.3 is 6.18 Å². The first-order chi connectivity index (χ1) is 7.89. The number of thioether (sulfide) groups is 1. The van der Waals surface area contributed by atoms with Crippen molar-refractivity contribution in [1.82, 2.24) is 5.32 Å². The molecule has 0 radical (unpaired) electrons. The molecule has 98 valence electrons. The molecule has 0 amide bonds. The molecule has 0 aromatic carbocycles. The third kappa shape index (κ3) is 3.05. The number of ether oxygens (including phenoxy) is 1. The zero-order chi connectivity index (χ0) is 12.6. The molecular formula is C9H13F3N2O2S. The van der Waals surface area contributed by atoms with Gasteiger partial charge in [0.05, 0.1) is 24.7 Å². The normalized spacial score (nSPS) is 40.2. The minimum Gasteiger partial charge on any atom is -0.390 e. The minimum absolute atomic E-state index is 0.168. The summed E-state index contributed by atoms with van der Waals surface area (Å²) in [6.07, 6.45) is -7.46. The number of aliphatic imine (C=N–C) groups is 1. The molecule has 4 atom stereocenters. The first-order valence-corrected chi connectivity index (χ1v) is 6.07. The highest BCUT2D eigenvalue weighted by Gasteiger charge is 2.46. The van der Waals surface area contributed by atoms with Crippen LogP contribution in [0.25, 0.3) is 0 Å². The largest absolute Gasteiger partial charge is 0.391 e. The van der Waals surface area contributed by atoms with E-state index < -0.39 is 30.2 Å². The van der Waals surface area contributed by atoms with Gasteiger partial charge in [0.1, 0.15) is 5.44 Å². The lowest BCUT2D eigenvalue weighted by Crippen LogP contribution is -2.49. The van der Waals surface area contributed by atoms with E-state index >= 15 is 0 Å². The predicted octanol–water partition coefficient (Wildman–Crippen LogP) is 1.11. The lowest BCUT2D eigenvalue weighted by molar-refractivity contribution is -0.190. The summed E-state index contributed by atoms with van der Waals surface area (Å²) in [7, 11) is 1.59. The Hall–Kier alpha value is -0.470. The fourth-order valence-corrected chi connectivity index (χ4v) is 3.04. The number of fused-ring (bicyclic) bond motifs is 1. The molecule has 0 aromatic heterocycles. The third-order valence-corrected chi connectivity index (χ3v) is 3.93. The summed E-state index contributed by atoms with van der Waals surface area (Å²) in [5.41, 5.74) is -0.399. The monoisotopic (exact) mass is 270 g/mol. The number of rotatable bonds is 1. The SMILES string of the molecule is CN=C1N[C@@H]2C[C@H](O)C(CC(F)(F)F)O[C@@H]2S1. The van der Waals surface area contributed by atoms with E-state index in [4.69, 9.17) is 4.74 Å². The third-order valence-electron chi connectivity index (χ3n) is 2.73. The molecule has 8 heteroatoms. The fraction of sp³-hybridized carbons (Fsp3) is 0.889. The van der Waals surface area contributed by atoms with Gasteiger partial charge in [-0.2, -0.15) is 13.2 Å². The topological polar surface area (TPSA) is 53.9 Å². The summed E-state index contributed by atoms with van der Waals surface area (Å²) in [5.74, 6) is 0. The molecule has 1 unspecified atom stereocenters. The van der Waals surface area contributed by atoms with E-state index in [1.54, 1.807) is 7.05 Å². The van der Waals surface area contributed by atoms with Crippen molar-refractivity contribution in [2.24, 2.45) is 4.99 Å². The van der Waals surface area contributed by atoms with Crippen LogP contribution in [0.5, 0.6) is 0 Å². The van der Waals surface area contributed by atoms with E-state index in [-0.39, 0.29) is 12.5 Å². The Bertz CT molecular complexity index is 324. The minimum atomic E-state index is -4.32. The van der Waals surface area contributed by atoms with E-state index in [0.29, 0.717) is 5.17 Å². The molecule has 2 aliphatic rings.